The number of hydrogen-bond donors (Lipinski definition) is 2. The van der Waals surface area contributed by atoms with Gasteiger partial charge in [0, 0.05) is 5.56 Å². The minimum absolute atomic E-state index is 0.00293. The van der Waals surface area contributed by atoms with Crippen LogP contribution in [0.25, 0.3) is 0 Å². The number of carbonyl (C=O) groups is 1. The molecule has 1 aliphatic carbocycles. The molecule has 0 bridgehead atoms. The highest BCUT2D eigenvalue weighted by Gasteiger charge is 2.45. The number of ether oxygens (including phenoxy) is 2. The molecule has 0 spiro atoms. The molecule has 2 N–H and O–H groups in total. The number of benzene rings is 1. The second-order valence-corrected chi connectivity index (χ2v) is 4.58. The summed E-state index contributed by atoms with van der Waals surface area (Å²) in [6.07, 6.45) is 1.98. The van der Waals surface area contributed by atoms with E-state index in [1.54, 1.807) is 13.2 Å². The van der Waals surface area contributed by atoms with Gasteiger partial charge in [0.15, 0.2) is 5.60 Å². The molecule has 0 aliphatic heterocycles. The predicted octanol–water partition coefficient (Wildman–Crippen LogP) is 1.32. The molecule has 5 heteroatoms. The number of aliphatic hydroxyl groups is 1. The van der Waals surface area contributed by atoms with Crippen molar-refractivity contribution < 1.29 is 24.5 Å². The molecular weight excluding hydrogens is 248 g/mol. The first kappa shape index (κ1) is 13.8. The predicted molar refractivity (Wildman–Crippen MR) is 68.3 cm³/mol. The average Bonchev–Trinajstić information content (AvgIpc) is 2.44. The lowest BCUT2D eigenvalue weighted by Crippen LogP contribution is -2.42. The van der Waals surface area contributed by atoms with E-state index in [1.165, 1.54) is 0 Å². The van der Waals surface area contributed by atoms with Gasteiger partial charge in [0.2, 0.25) is 0 Å². The van der Waals surface area contributed by atoms with Crippen molar-refractivity contribution in [2.45, 2.75) is 24.9 Å². The maximum Gasteiger partial charge on any atom is 0.340 e. The van der Waals surface area contributed by atoms with Crippen LogP contribution in [0.1, 0.15) is 24.0 Å². The fourth-order valence-electron chi connectivity index (χ4n) is 2.59. The second kappa shape index (κ2) is 5.59. The molecule has 104 valence electrons. The van der Waals surface area contributed by atoms with Gasteiger partial charge in [-0.05, 0) is 37.0 Å². The number of rotatable bonds is 5. The van der Waals surface area contributed by atoms with Crippen LogP contribution in [0.4, 0.5) is 0 Å². The van der Waals surface area contributed by atoms with E-state index in [2.05, 4.69) is 0 Å². The van der Waals surface area contributed by atoms with Gasteiger partial charge in [-0.3, -0.25) is 0 Å². The third-order valence-corrected chi connectivity index (χ3v) is 3.51. The Morgan fingerprint density at radius 2 is 2.26 bits per heavy atom. The summed E-state index contributed by atoms with van der Waals surface area (Å²) in [4.78, 5) is 11.7. The number of aryl methyl sites for hydroxylation is 1. The molecule has 0 amide bonds. The summed E-state index contributed by atoms with van der Waals surface area (Å²) in [6, 6.07) is 5.43. The second-order valence-electron chi connectivity index (χ2n) is 4.58. The Morgan fingerprint density at radius 3 is 2.89 bits per heavy atom. The molecule has 2 rings (SSSR count). The lowest BCUT2D eigenvalue weighted by molar-refractivity contribution is -0.171. The lowest BCUT2D eigenvalue weighted by atomic mass is 9.78. The number of hydrogen-bond acceptors (Lipinski definition) is 4. The SMILES string of the molecule is COc1ccc2c(c1)C(OCCO)(C(=O)O)CCC2. The maximum absolute atomic E-state index is 11.7. The molecule has 19 heavy (non-hydrogen) atoms. The van der Waals surface area contributed by atoms with Crippen LogP contribution in [0.2, 0.25) is 0 Å². The van der Waals surface area contributed by atoms with Crippen molar-refractivity contribution in [2.75, 3.05) is 20.3 Å². The Kier molecular flexibility index (Phi) is 4.07. The molecule has 0 aromatic heterocycles. The highest BCUT2D eigenvalue weighted by molar-refractivity contribution is 5.80. The first-order valence-electron chi connectivity index (χ1n) is 6.29. The minimum Gasteiger partial charge on any atom is -0.497 e. The number of aliphatic hydroxyl groups excluding tert-OH is 1. The number of carboxylic acid groups (broad SMARTS) is 1. The molecule has 1 aliphatic rings. The van der Waals surface area contributed by atoms with Crippen LogP contribution >= 0.6 is 0 Å². The first-order chi connectivity index (χ1) is 9.14. The quantitative estimate of drug-likeness (QED) is 0.840. The summed E-state index contributed by atoms with van der Waals surface area (Å²) in [5.41, 5.74) is 0.233. The summed E-state index contributed by atoms with van der Waals surface area (Å²) in [6.45, 7) is -0.197. The normalized spacial score (nSPS) is 21.8. The third-order valence-electron chi connectivity index (χ3n) is 3.51. The summed E-state index contributed by atoms with van der Waals surface area (Å²) < 4.78 is 10.7. The van der Waals surface area contributed by atoms with Crippen LogP contribution in [-0.4, -0.2) is 36.5 Å². The van der Waals surface area contributed by atoms with Crippen LogP contribution in [0, 0.1) is 0 Å². The largest absolute Gasteiger partial charge is 0.497 e. The maximum atomic E-state index is 11.7. The van der Waals surface area contributed by atoms with E-state index in [9.17, 15) is 9.90 Å². The van der Waals surface area contributed by atoms with E-state index in [0.29, 0.717) is 17.7 Å². The highest BCUT2D eigenvalue weighted by atomic mass is 16.5. The zero-order valence-electron chi connectivity index (χ0n) is 10.9. The number of fused-ring (bicyclic) bond motifs is 1. The number of aliphatic carboxylic acids is 1. The van der Waals surface area contributed by atoms with Crippen LogP contribution in [0.3, 0.4) is 0 Å². The molecular formula is C14H18O5. The van der Waals surface area contributed by atoms with Crippen LogP contribution in [0.5, 0.6) is 5.75 Å². The molecule has 5 nitrogen and oxygen atoms in total. The molecule has 0 fully saturated rings. The summed E-state index contributed by atoms with van der Waals surface area (Å²) >= 11 is 0. The summed E-state index contributed by atoms with van der Waals surface area (Å²) in [7, 11) is 1.54. The van der Waals surface area contributed by atoms with Crippen molar-refractivity contribution in [3.8, 4) is 5.75 Å². The molecule has 1 aromatic rings. The van der Waals surface area contributed by atoms with Crippen molar-refractivity contribution in [3.63, 3.8) is 0 Å². The van der Waals surface area contributed by atoms with E-state index in [0.717, 1.165) is 18.4 Å². The zero-order chi connectivity index (χ0) is 13.9. The van der Waals surface area contributed by atoms with Crippen molar-refractivity contribution >= 4 is 5.97 Å². The van der Waals surface area contributed by atoms with Gasteiger partial charge >= 0.3 is 5.97 Å². The van der Waals surface area contributed by atoms with Crippen molar-refractivity contribution in [3.05, 3.63) is 29.3 Å². The molecule has 1 unspecified atom stereocenters. The fourth-order valence-corrected chi connectivity index (χ4v) is 2.59. The lowest BCUT2D eigenvalue weighted by Gasteiger charge is -2.35. The van der Waals surface area contributed by atoms with Gasteiger partial charge in [-0.2, -0.15) is 0 Å². The highest BCUT2D eigenvalue weighted by Crippen LogP contribution is 2.40. The molecule has 0 heterocycles. The smallest absolute Gasteiger partial charge is 0.340 e. The first-order valence-corrected chi connectivity index (χ1v) is 6.29. The third kappa shape index (κ3) is 2.43. The van der Waals surface area contributed by atoms with Crippen molar-refractivity contribution in [1.82, 2.24) is 0 Å². The van der Waals surface area contributed by atoms with Gasteiger partial charge in [-0.15, -0.1) is 0 Å². The van der Waals surface area contributed by atoms with Crippen molar-refractivity contribution in [1.29, 1.82) is 0 Å². The van der Waals surface area contributed by atoms with E-state index >= 15 is 0 Å². The Labute approximate surface area is 111 Å². The summed E-state index contributed by atoms with van der Waals surface area (Å²) in [5.74, 6) is -0.408. The van der Waals surface area contributed by atoms with Gasteiger partial charge < -0.3 is 19.7 Å². The van der Waals surface area contributed by atoms with Gasteiger partial charge in [0.25, 0.3) is 0 Å². The van der Waals surface area contributed by atoms with Crippen LogP contribution in [-0.2, 0) is 21.6 Å². The Bertz CT molecular complexity index is 471. The topological polar surface area (TPSA) is 76.0 Å². The zero-order valence-corrected chi connectivity index (χ0v) is 10.9. The molecule has 1 aromatic carbocycles. The van der Waals surface area contributed by atoms with E-state index in [1.807, 2.05) is 12.1 Å². The van der Waals surface area contributed by atoms with E-state index in [4.69, 9.17) is 14.6 Å². The molecule has 0 saturated carbocycles. The monoisotopic (exact) mass is 266 g/mol. The van der Waals surface area contributed by atoms with Crippen LogP contribution in [0.15, 0.2) is 18.2 Å². The molecule has 1 atom stereocenters. The van der Waals surface area contributed by atoms with Gasteiger partial charge in [0.1, 0.15) is 5.75 Å². The molecule has 0 saturated heterocycles. The standard InChI is InChI=1S/C14H18O5/c1-18-11-5-4-10-3-2-6-14(13(16)17,12(10)9-11)19-8-7-15/h4-5,9,15H,2-3,6-8H2,1H3,(H,16,17). The minimum atomic E-state index is -1.37. The van der Waals surface area contributed by atoms with E-state index in [-0.39, 0.29) is 13.2 Å². The number of carboxylic acids is 1. The van der Waals surface area contributed by atoms with Gasteiger partial charge in [0.05, 0.1) is 20.3 Å². The van der Waals surface area contributed by atoms with E-state index < -0.39 is 11.6 Å². The van der Waals surface area contributed by atoms with Crippen molar-refractivity contribution in [2.24, 2.45) is 0 Å². The Morgan fingerprint density at radius 1 is 1.47 bits per heavy atom. The van der Waals surface area contributed by atoms with Crippen LogP contribution < -0.4 is 4.74 Å². The average molecular weight is 266 g/mol. The fraction of sp³-hybridized carbons (Fsp3) is 0.500. The van der Waals surface area contributed by atoms with Gasteiger partial charge in [-0.25, -0.2) is 4.79 Å². The number of methoxy groups -OCH3 is 1. The summed E-state index contributed by atoms with van der Waals surface area (Å²) in [5, 5.41) is 18.5. The molecule has 0 radical (unpaired) electrons. The Balaban J connectivity index is 2.49. The van der Waals surface area contributed by atoms with Gasteiger partial charge in [-0.1, -0.05) is 6.07 Å². The Hall–Kier alpha value is -1.59.